The number of benzene rings is 1. The third-order valence-electron chi connectivity index (χ3n) is 2.39. The fraction of sp³-hybridized carbons (Fsp3) is 0.500. The normalized spacial score (nSPS) is 14.9. The predicted molar refractivity (Wildman–Crippen MR) is 61.1 cm³/mol. The summed E-state index contributed by atoms with van der Waals surface area (Å²) in [6.45, 7) is 4.91. The second-order valence-electron chi connectivity index (χ2n) is 4.79. The molecular formula is C12H17NO3. The van der Waals surface area contributed by atoms with Crippen LogP contribution in [-0.2, 0) is 6.42 Å². The maximum Gasteiger partial charge on any atom is 0.165 e. The molecule has 1 aliphatic heterocycles. The van der Waals surface area contributed by atoms with Crippen molar-refractivity contribution in [3.8, 4) is 17.2 Å². The van der Waals surface area contributed by atoms with Gasteiger partial charge in [0.1, 0.15) is 19.0 Å². The van der Waals surface area contributed by atoms with Crippen LogP contribution < -0.4 is 15.2 Å². The SMILES string of the molecule is CC(C)(N)Cc1cc2c(cc1O)OCCO2. The molecule has 3 N–H and O–H groups in total. The van der Waals surface area contributed by atoms with E-state index in [0.29, 0.717) is 31.1 Å². The van der Waals surface area contributed by atoms with Crippen LogP contribution in [-0.4, -0.2) is 23.9 Å². The van der Waals surface area contributed by atoms with Crippen LogP contribution in [0.3, 0.4) is 0 Å². The summed E-state index contributed by atoms with van der Waals surface area (Å²) in [5.74, 6) is 1.49. The van der Waals surface area contributed by atoms with Crippen molar-refractivity contribution >= 4 is 0 Å². The van der Waals surface area contributed by atoms with Gasteiger partial charge in [-0.2, -0.15) is 0 Å². The van der Waals surface area contributed by atoms with Gasteiger partial charge in [-0.1, -0.05) is 0 Å². The fourth-order valence-corrected chi connectivity index (χ4v) is 1.75. The average Bonchev–Trinajstić information content (AvgIpc) is 2.17. The highest BCUT2D eigenvalue weighted by Crippen LogP contribution is 2.37. The number of ether oxygens (including phenoxy) is 2. The Morgan fingerprint density at radius 3 is 2.38 bits per heavy atom. The highest BCUT2D eigenvalue weighted by atomic mass is 16.6. The van der Waals surface area contributed by atoms with E-state index in [4.69, 9.17) is 15.2 Å². The highest BCUT2D eigenvalue weighted by Gasteiger charge is 2.19. The van der Waals surface area contributed by atoms with Crippen LogP contribution >= 0.6 is 0 Å². The van der Waals surface area contributed by atoms with Gasteiger partial charge in [0.15, 0.2) is 11.5 Å². The summed E-state index contributed by atoms with van der Waals surface area (Å²) >= 11 is 0. The van der Waals surface area contributed by atoms with Gasteiger partial charge in [-0.15, -0.1) is 0 Å². The zero-order valence-corrected chi connectivity index (χ0v) is 9.62. The van der Waals surface area contributed by atoms with E-state index in [1.807, 2.05) is 13.8 Å². The second-order valence-corrected chi connectivity index (χ2v) is 4.79. The lowest BCUT2D eigenvalue weighted by Gasteiger charge is -2.23. The Hall–Kier alpha value is -1.42. The largest absolute Gasteiger partial charge is 0.508 e. The summed E-state index contributed by atoms with van der Waals surface area (Å²) in [4.78, 5) is 0. The third kappa shape index (κ3) is 2.39. The third-order valence-corrected chi connectivity index (χ3v) is 2.39. The van der Waals surface area contributed by atoms with Crippen molar-refractivity contribution < 1.29 is 14.6 Å². The maximum atomic E-state index is 9.84. The Morgan fingerprint density at radius 1 is 1.25 bits per heavy atom. The molecule has 1 aliphatic rings. The molecule has 88 valence electrons. The molecule has 16 heavy (non-hydrogen) atoms. The average molecular weight is 223 g/mol. The lowest BCUT2D eigenvalue weighted by atomic mass is 9.95. The predicted octanol–water partition coefficient (Wildman–Crippen LogP) is 1.44. The van der Waals surface area contributed by atoms with Crippen LogP contribution in [0.2, 0.25) is 0 Å². The molecule has 0 amide bonds. The summed E-state index contributed by atoms with van der Waals surface area (Å²) in [5.41, 5.74) is 6.36. The number of phenols is 1. The topological polar surface area (TPSA) is 64.7 Å². The molecule has 0 saturated heterocycles. The molecule has 0 bridgehead atoms. The molecular weight excluding hydrogens is 206 g/mol. The minimum absolute atomic E-state index is 0.211. The Bertz CT molecular complexity index is 396. The summed E-state index contributed by atoms with van der Waals surface area (Å²) in [5, 5.41) is 9.84. The van der Waals surface area contributed by atoms with E-state index >= 15 is 0 Å². The summed E-state index contributed by atoms with van der Waals surface area (Å²) in [7, 11) is 0. The number of hydrogen-bond acceptors (Lipinski definition) is 4. The van der Waals surface area contributed by atoms with Crippen molar-refractivity contribution in [2.75, 3.05) is 13.2 Å². The molecule has 0 radical (unpaired) electrons. The van der Waals surface area contributed by atoms with E-state index in [0.717, 1.165) is 5.56 Å². The molecule has 0 atom stereocenters. The Morgan fingerprint density at radius 2 is 1.81 bits per heavy atom. The van der Waals surface area contributed by atoms with Crippen LogP contribution in [0, 0.1) is 0 Å². The van der Waals surface area contributed by atoms with Gasteiger partial charge in [0.25, 0.3) is 0 Å². The molecule has 1 aromatic rings. The fourth-order valence-electron chi connectivity index (χ4n) is 1.75. The minimum Gasteiger partial charge on any atom is -0.508 e. The van der Waals surface area contributed by atoms with Gasteiger partial charge in [-0.05, 0) is 31.9 Å². The molecule has 1 aromatic carbocycles. The van der Waals surface area contributed by atoms with Crippen LogP contribution in [0.1, 0.15) is 19.4 Å². The number of hydrogen-bond donors (Lipinski definition) is 2. The number of rotatable bonds is 2. The molecule has 0 spiro atoms. The van der Waals surface area contributed by atoms with Gasteiger partial charge in [-0.25, -0.2) is 0 Å². The first kappa shape index (κ1) is 11.1. The molecule has 0 aromatic heterocycles. The zero-order chi connectivity index (χ0) is 11.8. The van der Waals surface area contributed by atoms with Crippen LogP contribution in [0.25, 0.3) is 0 Å². The van der Waals surface area contributed by atoms with E-state index < -0.39 is 0 Å². The second kappa shape index (κ2) is 3.87. The van der Waals surface area contributed by atoms with Gasteiger partial charge in [0.05, 0.1) is 0 Å². The van der Waals surface area contributed by atoms with Crippen molar-refractivity contribution in [3.05, 3.63) is 17.7 Å². The molecule has 0 fully saturated rings. The number of aromatic hydroxyl groups is 1. The molecule has 1 heterocycles. The molecule has 4 heteroatoms. The van der Waals surface area contributed by atoms with Crippen molar-refractivity contribution in [2.24, 2.45) is 5.73 Å². The first-order valence-corrected chi connectivity index (χ1v) is 5.36. The van der Waals surface area contributed by atoms with Crippen molar-refractivity contribution in [3.63, 3.8) is 0 Å². The smallest absolute Gasteiger partial charge is 0.165 e. The van der Waals surface area contributed by atoms with Gasteiger partial charge in [0, 0.05) is 11.6 Å². The van der Waals surface area contributed by atoms with Gasteiger partial charge < -0.3 is 20.3 Å². The first-order valence-electron chi connectivity index (χ1n) is 5.36. The van der Waals surface area contributed by atoms with Crippen LogP contribution in [0.15, 0.2) is 12.1 Å². The Labute approximate surface area is 95.0 Å². The standard InChI is InChI=1S/C12H17NO3/c1-12(2,13)7-8-5-10-11(6-9(8)14)16-4-3-15-10/h5-6,14H,3-4,7,13H2,1-2H3. The monoisotopic (exact) mass is 223 g/mol. The molecule has 0 saturated carbocycles. The lowest BCUT2D eigenvalue weighted by Crippen LogP contribution is -2.34. The number of fused-ring (bicyclic) bond motifs is 1. The van der Waals surface area contributed by atoms with Gasteiger partial charge in [-0.3, -0.25) is 0 Å². The quantitative estimate of drug-likeness (QED) is 0.796. The maximum absolute atomic E-state index is 9.84. The summed E-state index contributed by atoms with van der Waals surface area (Å²) in [6.07, 6.45) is 0.593. The van der Waals surface area contributed by atoms with Crippen molar-refractivity contribution in [2.45, 2.75) is 25.8 Å². The van der Waals surface area contributed by atoms with E-state index in [1.54, 1.807) is 12.1 Å². The van der Waals surface area contributed by atoms with Gasteiger partial charge in [0.2, 0.25) is 0 Å². The summed E-state index contributed by atoms with van der Waals surface area (Å²) in [6, 6.07) is 3.40. The van der Waals surface area contributed by atoms with Crippen molar-refractivity contribution in [1.29, 1.82) is 0 Å². The van der Waals surface area contributed by atoms with E-state index in [2.05, 4.69) is 0 Å². The van der Waals surface area contributed by atoms with E-state index in [-0.39, 0.29) is 11.3 Å². The summed E-state index contributed by atoms with van der Waals surface area (Å²) < 4.78 is 10.8. The van der Waals surface area contributed by atoms with Crippen molar-refractivity contribution in [1.82, 2.24) is 0 Å². The van der Waals surface area contributed by atoms with Crippen LogP contribution in [0.5, 0.6) is 17.2 Å². The van der Waals surface area contributed by atoms with E-state index in [9.17, 15) is 5.11 Å². The van der Waals surface area contributed by atoms with Gasteiger partial charge >= 0.3 is 0 Å². The number of nitrogens with two attached hydrogens (primary N) is 1. The zero-order valence-electron chi connectivity index (χ0n) is 9.62. The first-order chi connectivity index (χ1) is 7.46. The molecule has 2 rings (SSSR count). The highest BCUT2D eigenvalue weighted by molar-refractivity contribution is 5.51. The molecule has 0 unspecified atom stereocenters. The molecule has 4 nitrogen and oxygen atoms in total. The Balaban J connectivity index is 2.32. The molecule has 0 aliphatic carbocycles. The van der Waals surface area contributed by atoms with E-state index in [1.165, 1.54) is 0 Å². The Kier molecular flexibility index (Phi) is 2.68. The lowest BCUT2D eigenvalue weighted by molar-refractivity contribution is 0.170. The minimum atomic E-state index is -0.360. The number of phenolic OH excluding ortho intramolecular Hbond substituents is 1. The van der Waals surface area contributed by atoms with Crippen LogP contribution in [0.4, 0.5) is 0 Å².